The molecule has 0 aliphatic heterocycles. The summed E-state index contributed by atoms with van der Waals surface area (Å²) in [6.07, 6.45) is 4.50. The summed E-state index contributed by atoms with van der Waals surface area (Å²) in [6.45, 7) is 9.89. The molecule has 1 heterocycles. The van der Waals surface area contributed by atoms with Crippen LogP contribution in [0.1, 0.15) is 32.3 Å². The van der Waals surface area contributed by atoms with E-state index in [0.29, 0.717) is 24.5 Å². The molecule has 0 bridgehead atoms. The van der Waals surface area contributed by atoms with Crippen LogP contribution in [0.4, 0.5) is 10.5 Å². The van der Waals surface area contributed by atoms with Crippen molar-refractivity contribution in [1.29, 1.82) is 5.26 Å². The maximum absolute atomic E-state index is 11.7. The molecule has 1 N–H and O–H groups in total. The summed E-state index contributed by atoms with van der Waals surface area (Å²) in [5, 5.41) is 13.7. The van der Waals surface area contributed by atoms with E-state index in [2.05, 4.69) is 34.4 Å². The van der Waals surface area contributed by atoms with Gasteiger partial charge >= 0.3 is 6.09 Å². The summed E-state index contributed by atoms with van der Waals surface area (Å²) in [6, 6.07) is 15.7. The van der Waals surface area contributed by atoms with Gasteiger partial charge in [-0.25, -0.2) is 9.79 Å². The van der Waals surface area contributed by atoms with Crippen LogP contribution < -0.4 is 10.1 Å². The summed E-state index contributed by atoms with van der Waals surface area (Å²) in [5.74, 6) is 0.768. The second-order valence-electron chi connectivity index (χ2n) is 8.22. The number of aryl methyl sites for hydroxylation is 1. The van der Waals surface area contributed by atoms with E-state index in [9.17, 15) is 10.1 Å². The zero-order chi connectivity index (χ0) is 25.9. The molecule has 0 saturated heterocycles. The van der Waals surface area contributed by atoms with Gasteiger partial charge in [0, 0.05) is 43.5 Å². The number of rotatable bonds is 12. The van der Waals surface area contributed by atoms with Gasteiger partial charge in [0.15, 0.2) is 0 Å². The van der Waals surface area contributed by atoms with Crippen LogP contribution in [0.15, 0.2) is 60.2 Å². The summed E-state index contributed by atoms with van der Waals surface area (Å²) >= 11 is 0. The Bertz CT molecular complexity index is 1250. The summed E-state index contributed by atoms with van der Waals surface area (Å²) in [4.78, 5) is 17.7. The molecule has 188 valence electrons. The number of hydrogen-bond acceptors (Lipinski definition) is 5. The van der Waals surface area contributed by atoms with E-state index >= 15 is 0 Å². The first-order valence-corrected chi connectivity index (χ1v) is 12.1. The van der Waals surface area contributed by atoms with E-state index < -0.39 is 6.09 Å². The number of nitrogens with one attached hydrogen (secondary N) is 1. The number of nitriles is 1. The Morgan fingerprint density at radius 2 is 2.03 bits per heavy atom. The highest BCUT2D eigenvalue weighted by atomic mass is 16.5. The largest absolute Gasteiger partial charge is 0.493 e. The van der Waals surface area contributed by atoms with E-state index in [1.165, 1.54) is 6.20 Å². The quantitative estimate of drug-likeness (QED) is 0.191. The lowest BCUT2D eigenvalue weighted by molar-refractivity contribution is 0.168. The minimum Gasteiger partial charge on any atom is -0.493 e. The van der Waals surface area contributed by atoms with Gasteiger partial charge in [-0.05, 0) is 49.6 Å². The predicted molar refractivity (Wildman–Crippen MR) is 144 cm³/mol. The third-order valence-corrected chi connectivity index (χ3v) is 5.57. The van der Waals surface area contributed by atoms with E-state index in [0.717, 1.165) is 53.8 Å². The molecule has 8 nitrogen and oxygen atoms in total. The van der Waals surface area contributed by atoms with Gasteiger partial charge in [0.05, 0.1) is 36.3 Å². The molecule has 3 aromatic rings. The second-order valence-corrected chi connectivity index (χ2v) is 8.22. The Labute approximate surface area is 212 Å². The van der Waals surface area contributed by atoms with Crippen molar-refractivity contribution in [1.82, 2.24) is 9.47 Å². The Hall–Kier alpha value is -4.25. The second kappa shape index (κ2) is 13.0. The number of aromatic nitrogens is 1. The zero-order valence-electron chi connectivity index (χ0n) is 21.2. The van der Waals surface area contributed by atoms with Gasteiger partial charge in [-0.15, -0.1) is 0 Å². The molecule has 0 aliphatic carbocycles. The van der Waals surface area contributed by atoms with Crippen LogP contribution in [0, 0.1) is 11.3 Å². The van der Waals surface area contributed by atoms with Crippen molar-refractivity contribution in [2.45, 2.75) is 33.2 Å². The number of carbonyl (C=O) groups is 1. The number of anilines is 1. The van der Waals surface area contributed by atoms with Crippen molar-refractivity contribution in [3.8, 4) is 23.1 Å². The molecule has 8 heteroatoms. The summed E-state index contributed by atoms with van der Waals surface area (Å²) in [7, 11) is 1.96. The van der Waals surface area contributed by atoms with Crippen molar-refractivity contribution in [3.05, 3.63) is 60.8 Å². The maximum Gasteiger partial charge on any atom is 0.411 e. The van der Waals surface area contributed by atoms with Gasteiger partial charge in [-0.2, -0.15) is 5.26 Å². The topological polar surface area (TPSA) is 91.9 Å². The van der Waals surface area contributed by atoms with Crippen LogP contribution in [-0.4, -0.2) is 48.7 Å². The minimum absolute atomic E-state index is 0.305. The Kier molecular flexibility index (Phi) is 9.52. The first-order chi connectivity index (χ1) is 17.5. The molecule has 2 aromatic carbocycles. The van der Waals surface area contributed by atoms with Gasteiger partial charge < -0.3 is 18.9 Å². The molecule has 0 saturated carbocycles. The first kappa shape index (κ1) is 26.4. The number of hydrogen-bond donors (Lipinski definition) is 1. The number of amides is 1. The van der Waals surface area contributed by atoms with Gasteiger partial charge in [0.2, 0.25) is 0 Å². The van der Waals surface area contributed by atoms with Crippen molar-refractivity contribution < 1.29 is 14.3 Å². The number of nitrogens with zero attached hydrogens (tertiary/aromatic N) is 4. The number of benzene rings is 2. The van der Waals surface area contributed by atoms with Crippen LogP contribution in [0.25, 0.3) is 22.2 Å². The van der Waals surface area contributed by atoms with E-state index in [1.807, 2.05) is 54.4 Å². The Balaban J connectivity index is 1.86. The highest BCUT2D eigenvalue weighted by Gasteiger charge is 2.19. The molecule has 3 rings (SSSR count). The normalized spacial score (nSPS) is 10.8. The molecule has 1 aromatic heterocycles. The maximum atomic E-state index is 11.7. The molecule has 0 unspecified atom stereocenters. The molecule has 0 atom stereocenters. The fourth-order valence-electron chi connectivity index (χ4n) is 4.01. The first-order valence-electron chi connectivity index (χ1n) is 12.1. The van der Waals surface area contributed by atoms with E-state index in [4.69, 9.17) is 9.47 Å². The lowest BCUT2D eigenvalue weighted by Gasteiger charge is -2.13. The number of fused-ring (bicyclic) bond motifs is 1. The highest BCUT2D eigenvalue weighted by Crippen LogP contribution is 2.36. The molecule has 0 fully saturated rings. The van der Waals surface area contributed by atoms with E-state index in [1.54, 1.807) is 13.3 Å². The fraction of sp³-hybridized carbons (Fsp3) is 0.321. The Morgan fingerprint density at radius 3 is 2.69 bits per heavy atom. The molecule has 1 amide bonds. The monoisotopic (exact) mass is 487 g/mol. The van der Waals surface area contributed by atoms with Gasteiger partial charge in [0.25, 0.3) is 0 Å². The Morgan fingerprint density at radius 1 is 1.25 bits per heavy atom. The van der Waals surface area contributed by atoms with Crippen LogP contribution >= 0.6 is 0 Å². The van der Waals surface area contributed by atoms with Crippen LogP contribution in [0.3, 0.4) is 0 Å². The molecule has 0 aliphatic rings. The van der Waals surface area contributed by atoms with Gasteiger partial charge in [-0.1, -0.05) is 25.6 Å². The van der Waals surface area contributed by atoms with Crippen molar-refractivity contribution in [2.24, 2.45) is 4.99 Å². The van der Waals surface area contributed by atoms with Crippen molar-refractivity contribution >= 4 is 29.0 Å². The van der Waals surface area contributed by atoms with Gasteiger partial charge in [-0.3, -0.25) is 5.32 Å². The number of aliphatic imine (C=N–C) groups is 1. The molecular formula is C28H33N5O3. The third-order valence-electron chi connectivity index (χ3n) is 5.57. The molecule has 0 spiro atoms. The van der Waals surface area contributed by atoms with Crippen LogP contribution in [-0.2, 0) is 11.3 Å². The minimum atomic E-state index is -0.493. The summed E-state index contributed by atoms with van der Waals surface area (Å²) < 4.78 is 13.1. The predicted octanol–water partition coefficient (Wildman–Crippen LogP) is 6.03. The SMILES string of the molecule is C=CN=CN(C)CCCOc1ccc2c(C#N)c(-c3ccc(NC(=O)OCC)cc3)n(CCC)c2c1. The third kappa shape index (κ3) is 6.45. The van der Waals surface area contributed by atoms with Gasteiger partial charge in [0.1, 0.15) is 11.8 Å². The van der Waals surface area contributed by atoms with E-state index in [-0.39, 0.29) is 0 Å². The average molecular weight is 488 g/mol. The fourth-order valence-corrected chi connectivity index (χ4v) is 4.01. The van der Waals surface area contributed by atoms with Crippen LogP contribution in [0.2, 0.25) is 0 Å². The molecular weight excluding hydrogens is 454 g/mol. The average Bonchev–Trinajstić information content (AvgIpc) is 3.18. The molecule has 36 heavy (non-hydrogen) atoms. The highest BCUT2D eigenvalue weighted by molar-refractivity contribution is 5.95. The smallest absolute Gasteiger partial charge is 0.411 e. The zero-order valence-corrected chi connectivity index (χ0v) is 21.2. The van der Waals surface area contributed by atoms with Crippen LogP contribution in [0.5, 0.6) is 5.75 Å². The lowest BCUT2D eigenvalue weighted by atomic mass is 10.1. The number of carbonyl (C=O) groups excluding carboxylic acids is 1. The lowest BCUT2D eigenvalue weighted by Crippen LogP contribution is -2.19. The van der Waals surface area contributed by atoms with Crippen molar-refractivity contribution in [3.63, 3.8) is 0 Å². The summed E-state index contributed by atoms with van der Waals surface area (Å²) in [5.41, 5.74) is 3.98. The standard InChI is InChI=1S/C28H33N5O3/c1-5-15-33-26-18-23(36-17-8-16-32(4)20-30-6-2)13-14-24(26)25(19-29)27(33)21-9-11-22(12-10-21)31-28(34)35-7-3/h6,9-14,18,20H,2,5,7-8,15-17H2,1,3-4H3,(H,31,34). The number of ether oxygens (including phenoxy) is 2. The van der Waals surface area contributed by atoms with Crippen molar-refractivity contribution in [2.75, 3.05) is 32.1 Å². The molecule has 0 radical (unpaired) electrons.